The third-order valence-electron chi connectivity index (χ3n) is 4.43. The van der Waals surface area contributed by atoms with E-state index in [0.717, 1.165) is 0 Å². The number of carbonyl (C=O) groups excluding carboxylic acids is 2. The zero-order valence-corrected chi connectivity index (χ0v) is 16.1. The van der Waals surface area contributed by atoms with Crippen molar-refractivity contribution in [3.8, 4) is 11.4 Å². The summed E-state index contributed by atoms with van der Waals surface area (Å²) in [6.45, 7) is 1.39. The van der Waals surface area contributed by atoms with E-state index < -0.39 is 18.0 Å². The summed E-state index contributed by atoms with van der Waals surface area (Å²) in [4.78, 5) is 40.5. The topological polar surface area (TPSA) is 114 Å². The molecular formula is C21H21N3O5. The Morgan fingerprint density at radius 1 is 1.14 bits per heavy atom. The summed E-state index contributed by atoms with van der Waals surface area (Å²) in [5.74, 6) is -0.683. The van der Waals surface area contributed by atoms with Gasteiger partial charge in [0.15, 0.2) is 6.10 Å². The maximum absolute atomic E-state index is 13.1. The minimum absolute atomic E-state index is 0.0735. The summed E-state index contributed by atoms with van der Waals surface area (Å²) in [7, 11) is 1.57. The number of carbonyl (C=O) groups is 2. The van der Waals surface area contributed by atoms with E-state index in [-0.39, 0.29) is 24.1 Å². The third kappa shape index (κ3) is 4.43. The van der Waals surface area contributed by atoms with Crippen molar-refractivity contribution in [2.24, 2.45) is 5.73 Å². The van der Waals surface area contributed by atoms with Gasteiger partial charge < -0.3 is 15.2 Å². The fourth-order valence-electron chi connectivity index (χ4n) is 2.86. The van der Waals surface area contributed by atoms with Gasteiger partial charge in [-0.1, -0.05) is 12.1 Å². The SMILES string of the molecule is COc1ccc(-n2c(=O)c(CCC(=O)O[C@H](C)C(N)=O)nc3ccccc32)cc1. The van der Waals surface area contributed by atoms with Crippen LogP contribution in [0.25, 0.3) is 16.7 Å². The zero-order chi connectivity index (χ0) is 21.0. The second kappa shape index (κ2) is 8.55. The molecule has 8 nitrogen and oxygen atoms in total. The van der Waals surface area contributed by atoms with Crippen molar-refractivity contribution >= 4 is 22.9 Å². The highest BCUT2D eigenvalue weighted by Gasteiger charge is 2.17. The standard InChI is InChI=1S/C21H21N3O5/c1-13(20(22)26)29-19(25)12-11-17-21(27)24(14-7-9-15(28-2)10-8-14)18-6-4-3-5-16(18)23-17/h3-10,13H,11-12H2,1-2H3,(H2,22,26)/t13-/m1/s1. The van der Waals surface area contributed by atoms with Gasteiger partial charge in [0.1, 0.15) is 11.4 Å². The number of methoxy groups -OCH3 is 1. The van der Waals surface area contributed by atoms with Crippen LogP contribution in [0.4, 0.5) is 0 Å². The third-order valence-corrected chi connectivity index (χ3v) is 4.43. The summed E-state index contributed by atoms with van der Waals surface area (Å²) < 4.78 is 11.7. The molecule has 0 spiro atoms. The molecule has 0 bridgehead atoms. The Labute approximate surface area is 166 Å². The van der Waals surface area contributed by atoms with Gasteiger partial charge in [0.25, 0.3) is 11.5 Å². The van der Waals surface area contributed by atoms with Crippen LogP contribution >= 0.6 is 0 Å². The van der Waals surface area contributed by atoms with Gasteiger partial charge in [-0.15, -0.1) is 0 Å². The van der Waals surface area contributed by atoms with Crippen LogP contribution in [0.2, 0.25) is 0 Å². The van der Waals surface area contributed by atoms with Gasteiger partial charge in [0.05, 0.1) is 24.6 Å². The first-order valence-electron chi connectivity index (χ1n) is 9.04. The molecule has 0 aliphatic carbocycles. The fraction of sp³-hybridized carbons (Fsp3) is 0.238. The number of nitrogens with two attached hydrogens (primary N) is 1. The molecule has 1 heterocycles. The number of rotatable bonds is 7. The van der Waals surface area contributed by atoms with Gasteiger partial charge in [-0.3, -0.25) is 19.0 Å². The molecule has 0 saturated carbocycles. The number of aromatic nitrogens is 2. The Hall–Kier alpha value is -3.68. The highest BCUT2D eigenvalue weighted by Crippen LogP contribution is 2.19. The predicted octanol–water partition coefficient (Wildman–Crippen LogP) is 1.74. The van der Waals surface area contributed by atoms with Crippen LogP contribution in [0.1, 0.15) is 19.0 Å². The van der Waals surface area contributed by atoms with E-state index in [4.69, 9.17) is 15.2 Å². The summed E-state index contributed by atoms with van der Waals surface area (Å²) in [5, 5.41) is 0. The van der Waals surface area contributed by atoms with Crippen molar-refractivity contribution in [2.75, 3.05) is 7.11 Å². The number of primary amides is 1. The number of aryl methyl sites for hydroxylation is 1. The lowest BCUT2D eigenvalue weighted by Gasteiger charge is -2.13. The lowest BCUT2D eigenvalue weighted by atomic mass is 10.2. The monoisotopic (exact) mass is 395 g/mol. The average molecular weight is 395 g/mol. The van der Waals surface area contributed by atoms with E-state index in [9.17, 15) is 14.4 Å². The summed E-state index contributed by atoms with van der Waals surface area (Å²) in [5.41, 5.74) is 6.91. The second-order valence-corrected chi connectivity index (χ2v) is 6.42. The first kappa shape index (κ1) is 20.1. The van der Waals surface area contributed by atoms with E-state index in [1.54, 1.807) is 48.1 Å². The maximum atomic E-state index is 13.1. The van der Waals surface area contributed by atoms with E-state index in [1.807, 2.05) is 12.1 Å². The number of ether oxygens (including phenoxy) is 2. The van der Waals surface area contributed by atoms with Crippen molar-refractivity contribution in [3.05, 3.63) is 64.6 Å². The quantitative estimate of drug-likeness (QED) is 0.610. The van der Waals surface area contributed by atoms with Crippen LogP contribution in [0.15, 0.2) is 53.3 Å². The predicted molar refractivity (Wildman–Crippen MR) is 107 cm³/mol. The van der Waals surface area contributed by atoms with Crippen LogP contribution < -0.4 is 16.0 Å². The number of nitrogens with zero attached hydrogens (tertiary/aromatic N) is 2. The molecule has 3 rings (SSSR count). The fourth-order valence-corrected chi connectivity index (χ4v) is 2.86. The van der Waals surface area contributed by atoms with Gasteiger partial charge in [-0.2, -0.15) is 0 Å². The Morgan fingerprint density at radius 3 is 2.48 bits per heavy atom. The average Bonchev–Trinajstić information content (AvgIpc) is 2.72. The van der Waals surface area contributed by atoms with E-state index >= 15 is 0 Å². The molecule has 0 unspecified atom stereocenters. The van der Waals surface area contributed by atoms with Gasteiger partial charge in [-0.05, 0) is 43.3 Å². The molecule has 2 N–H and O–H groups in total. The zero-order valence-electron chi connectivity index (χ0n) is 16.1. The lowest BCUT2D eigenvalue weighted by molar-refractivity contribution is -0.153. The molecule has 29 heavy (non-hydrogen) atoms. The molecule has 0 radical (unpaired) electrons. The van der Waals surface area contributed by atoms with Crippen molar-refractivity contribution in [3.63, 3.8) is 0 Å². The number of esters is 1. The Balaban J connectivity index is 1.96. The van der Waals surface area contributed by atoms with Crippen molar-refractivity contribution in [1.29, 1.82) is 0 Å². The molecule has 2 aromatic carbocycles. The minimum atomic E-state index is -1.02. The molecule has 1 atom stereocenters. The van der Waals surface area contributed by atoms with Gasteiger partial charge >= 0.3 is 5.97 Å². The number of hydrogen-bond acceptors (Lipinski definition) is 6. The number of para-hydroxylation sites is 2. The molecule has 0 saturated heterocycles. The van der Waals surface area contributed by atoms with E-state index in [0.29, 0.717) is 22.5 Å². The van der Waals surface area contributed by atoms with Gasteiger partial charge in [-0.25, -0.2) is 4.98 Å². The van der Waals surface area contributed by atoms with Crippen molar-refractivity contribution in [1.82, 2.24) is 9.55 Å². The van der Waals surface area contributed by atoms with E-state index in [2.05, 4.69) is 4.98 Å². The Kier molecular flexibility index (Phi) is 5.92. The van der Waals surface area contributed by atoms with Gasteiger partial charge in [0.2, 0.25) is 0 Å². The number of hydrogen-bond donors (Lipinski definition) is 1. The largest absolute Gasteiger partial charge is 0.497 e. The molecule has 0 aliphatic heterocycles. The first-order valence-corrected chi connectivity index (χ1v) is 9.04. The van der Waals surface area contributed by atoms with E-state index in [1.165, 1.54) is 6.92 Å². The Morgan fingerprint density at radius 2 is 1.83 bits per heavy atom. The van der Waals surface area contributed by atoms with Crippen LogP contribution in [0.3, 0.4) is 0 Å². The van der Waals surface area contributed by atoms with Crippen LogP contribution in [-0.2, 0) is 20.7 Å². The number of amides is 1. The highest BCUT2D eigenvalue weighted by atomic mass is 16.5. The Bertz CT molecular complexity index is 1110. The molecular weight excluding hydrogens is 374 g/mol. The summed E-state index contributed by atoms with van der Waals surface area (Å²) >= 11 is 0. The minimum Gasteiger partial charge on any atom is -0.497 e. The van der Waals surface area contributed by atoms with Crippen LogP contribution in [0.5, 0.6) is 5.75 Å². The number of fused-ring (bicyclic) bond motifs is 1. The summed E-state index contributed by atoms with van der Waals surface area (Å²) in [6.07, 6.45) is -1.05. The molecule has 0 fully saturated rings. The van der Waals surface area contributed by atoms with Crippen molar-refractivity contribution < 1.29 is 19.1 Å². The molecule has 1 amide bonds. The highest BCUT2D eigenvalue weighted by molar-refractivity contribution is 5.82. The molecule has 3 aromatic rings. The molecule has 150 valence electrons. The van der Waals surface area contributed by atoms with Crippen LogP contribution in [0, 0.1) is 0 Å². The first-order chi connectivity index (χ1) is 13.9. The number of benzene rings is 2. The lowest BCUT2D eigenvalue weighted by Crippen LogP contribution is -2.31. The normalized spacial score (nSPS) is 11.8. The molecule has 1 aromatic heterocycles. The smallest absolute Gasteiger partial charge is 0.306 e. The summed E-state index contributed by atoms with van der Waals surface area (Å²) in [6, 6.07) is 14.3. The second-order valence-electron chi connectivity index (χ2n) is 6.42. The maximum Gasteiger partial charge on any atom is 0.306 e. The molecule has 8 heteroatoms. The molecule has 0 aliphatic rings. The van der Waals surface area contributed by atoms with Crippen LogP contribution in [-0.4, -0.2) is 34.6 Å². The van der Waals surface area contributed by atoms with Gasteiger partial charge in [0, 0.05) is 12.1 Å². The van der Waals surface area contributed by atoms with Crippen molar-refractivity contribution in [2.45, 2.75) is 25.9 Å².